The lowest BCUT2D eigenvalue weighted by molar-refractivity contribution is 0.166. The summed E-state index contributed by atoms with van der Waals surface area (Å²) in [6.45, 7) is 3.69. The molecule has 2 heteroatoms. The van der Waals surface area contributed by atoms with Crippen LogP contribution in [0.25, 0.3) is 10.9 Å². The number of aliphatic hydroxyl groups is 1. The molecule has 2 rings (SSSR count). The minimum absolute atomic E-state index is 0.437. The van der Waals surface area contributed by atoms with Gasteiger partial charge in [-0.2, -0.15) is 0 Å². The number of nitrogens with zero attached hydrogens (tertiary/aromatic N) is 1. The van der Waals surface area contributed by atoms with Gasteiger partial charge >= 0.3 is 0 Å². The minimum atomic E-state index is -0.437. The summed E-state index contributed by atoms with van der Waals surface area (Å²) in [5, 5.41) is 11.2. The van der Waals surface area contributed by atoms with Gasteiger partial charge in [-0.25, -0.2) is 0 Å². The van der Waals surface area contributed by atoms with E-state index < -0.39 is 6.10 Å². The molecule has 2 nitrogen and oxygen atoms in total. The van der Waals surface area contributed by atoms with Crippen molar-refractivity contribution in [3.63, 3.8) is 0 Å². The number of hydrogen-bond donors (Lipinski definition) is 1. The predicted octanol–water partition coefficient (Wildman–Crippen LogP) is 3.62. The third kappa shape index (κ3) is 2.71. The van der Waals surface area contributed by atoms with Crippen molar-refractivity contribution >= 4 is 10.9 Å². The number of hydrogen-bond acceptors (Lipinski definition) is 2. The summed E-state index contributed by atoms with van der Waals surface area (Å²) in [5.41, 5.74) is 1.83. The average Bonchev–Trinajstić information content (AvgIpc) is 2.38. The molecule has 17 heavy (non-hydrogen) atoms. The van der Waals surface area contributed by atoms with Gasteiger partial charge in [0.15, 0.2) is 0 Å². The number of benzene rings is 1. The summed E-state index contributed by atoms with van der Waals surface area (Å²) in [6, 6.07) is 9.87. The molecule has 0 aliphatic rings. The smallest absolute Gasteiger partial charge is 0.0811 e. The van der Waals surface area contributed by atoms with E-state index >= 15 is 0 Å². The molecular weight excluding hydrogens is 210 g/mol. The molecule has 0 saturated carbocycles. The maximum atomic E-state index is 10.2. The van der Waals surface area contributed by atoms with Crippen LogP contribution in [0.3, 0.4) is 0 Å². The molecule has 0 bridgehead atoms. The van der Waals surface area contributed by atoms with Crippen LogP contribution in [0.15, 0.2) is 49.2 Å². The van der Waals surface area contributed by atoms with Crippen LogP contribution in [0.5, 0.6) is 0 Å². The number of unbranched alkanes of at least 4 members (excludes halogenated alkanes) is 1. The van der Waals surface area contributed by atoms with Crippen molar-refractivity contribution in [1.82, 2.24) is 4.98 Å². The number of allylic oxidation sites excluding steroid dienone is 1. The number of aromatic nitrogens is 1. The summed E-state index contributed by atoms with van der Waals surface area (Å²) in [6.07, 6.45) is 5.86. The largest absolute Gasteiger partial charge is 0.388 e. The van der Waals surface area contributed by atoms with E-state index in [0.29, 0.717) is 0 Å². The molecule has 1 atom stereocenters. The first kappa shape index (κ1) is 11.8. The van der Waals surface area contributed by atoms with Gasteiger partial charge in [0.1, 0.15) is 0 Å². The lowest BCUT2D eigenvalue weighted by Gasteiger charge is -2.12. The van der Waals surface area contributed by atoms with Crippen molar-refractivity contribution in [3.8, 4) is 0 Å². The van der Waals surface area contributed by atoms with Gasteiger partial charge < -0.3 is 5.11 Å². The predicted molar refractivity (Wildman–Crippen MR) is 70.8 cm³/mol. The molecule has 1 N–H and O–H groups in total. The second kappa shape index (κ2) is 5.60. The van der Waals surface area contributed by atoms with E-state index in [1.807, 2.05) is 36.4 Å². The van der Waals surface area contributed by atoms with Crippen LogP contribution >= 0.6 is 0 Å². The van der Waals surface area contributed by atoms with Crippen LogP contribution in [0.2, 0.25) is 0 Å². The van der Waals surface area contributed by atoms with Crippen molar-refractivity contribution < 1.29 is 5.11 Å². The van der Waals surface area contributed by atoms with Crippen LogP contribution in [0.4, 0.5) is 0 Å². The first-order valence-corrected chi connectivity index (χ1v) is 5.95. The Balaban J connectivity index is 2.25. The summed E-state index contributed by atoms with van der Waals surface area (Å²) in [5.74, 6) is 0. The molecule has 0 amide bonds. The normalized spacial score (nSPS) is 12.5. The van der Waals surface area contributed by atoms with E-state index in [4.69, 9.17) is 0 Å². The van der Waals surface area contributed by atoms with Gasteiger partial charge in [0, 0.05) is 17.1 Å². The second-order valence-corrected chi connectivity index (χ2v) is 4.16. The van der Waals surface area contributed by atoms with E-state index in [2.05, 4.69) is 11.6 Å². The van der Waals surface area contributed by atoms with Gasteiger partial charge in [-0.1, -0.05) is 30.3 Å². The fraction of sp³-hybridized carbons (Fsp3) is 0.267. The van der Waals surface area contributed by atoms with Crippen LogP contribution < -0.4 is 0 Å². The monoisotopic (exact) mass is 227 g/mol. The topological polar surface area (TPSA) is 33.1 Å². The Labute approximate surface area is 102 Å². The van der Waals surface area contributed by atoms with Gasteiger partial charge in [-0.05, 0) is 25.3 Å². The van der Waals surface area contributed by atoms with Gasteiger partial charge in [0.05, 0.1) is 11.6 Å². The van der Waals surface area contributed by atoms with Gasteiger partial charge in [-0.15, -0.1) is 6.58 Å². The molecule has 88 valence electrons. The van der Waals surface area contributed by atoms with Crippen molar-refractivity contribution in [1.29, 1.82) is 0 Å². The van der Waals surface area contributed by atoms with Gasteiger partial charge in [0.2, 0.25) is 0 Å². The van der Waals surface area contributed by atoms with Crippen LogP contribution in [-0.2, 0) is 0 Å². The van der Waals surface area contributed by atoms with E-state index in [-0.39, 0.29) is 0 Å². The van der Waals surface area contributed by atoms with Crippen molar-refractivity contribution in [2.45, 2.75) is 25.4 Å². The molecule has 1 aromatic carbocycles. The summed E-state index contributed by atoms with van der Waals surface area (Å²) in [4.78, 5) is 4.35. The quantitative estimate of drug-likeness (QED) is 0.625. The van der Waals surface area contributed by atoms with E-state index in [1.165, 1.54) is 0 Å². The first-order chi connectivity index (χ1) is 8.33. The molecule has 2 aromatic rings. The van der Waals surface area contributed by atoms with E-state index in [9.17, 15) is 5.11 Å². The van der Waals surface area contributed by atoms with Gasteiger partial charge in [-0.3, -0.25) is 4.98 Å². The number of para-hydroxylation sites is 1. The number of rotatable bonds is 5. The summed E-state index contributed by atoms with van der Waals surface area (Å²) < 4.78 is 0. The zero-order valence-electron chi connectivity index (χ0n) is 9.84. The Bertz CT molecular complexity index is 502. The molecule has 0 aliphatic carbocycles. The SMILES string of the molecule is C=CCCCC(O)c1cccc2cccnc12. The fourth-order valence-corrected chi connectivity index (χ4v) is 2.01. The molecule has 1 heterocycles. The number of fused-ring (bicyclic) bond motifs is 1. The summed E-state index contributed by atoms with van der Waals surface area (Å²) in [7, 11) is 0. The molecule has 0 radical (unpaired) electrons. The number of aliphatic hydroxyl groups excluding tert-OH is 1. The fourth-order valence-electron chi connectivity index (χ4n) is 2.01. The Morgan fingerprint density at radius 3 is 2.94 bits per heavy atom. The van der Waals surface area contributed by atoms with E-state index in [0.717, 1.165) is 35.7 Å². The lowest BCUT2D eigenvalue weighted by atomic mass is 10.0. The summed E-state index contributed by atoms with van der Waals surface area (Å²) >= 11 is 0. The Kier molecular flexibility index (Phi) is 3.89. The molecule has 0 aliphatic heterocycles. The maximum Gasteiger partial charge on any atom is 0.0811 e. The molecule has 1 unspecified atom stereocenters. The Hall–Kier alpha value is -1.67. The molecular formula is C15H17NO. The highest BCUT2D eigenvalue weighted by Gasteiger charge is 2.10. The maximum absolute atomic E-state index is 10.2. The molecule has 0 saturated heterocycles. The molecule has 0 fully saturated rings. The molecule has 0 spiro atoms. The van der Waals surface area contributed by atoms with Gasteiger partial charge in [0.25, 0.3) is 0 Å². The highest BCUT2D eigenvalue weighted by molar-refractivity contribution is 5.81. The zero-order valence-corrected chi connectivity index (χ0v) is 9.84. The standard InChI is InChI=1S/C15H17NO/c1-2-3-4-10-14(17)13-9-5-7-12-8-6-11-16-15(12)13/h2,5-9,11,14,17H,1,3-4,10H2. The first-order valence-electron chi connectivity index (χ1n) is 5.95. The van der Waals surface area contributed by atoms with Crippen LogP contribution in [0.1, 0.15) is 30.9 Å². The molecule has 1 aromatic heterocycles. The highest BCUT2D eigenvalue weighted by Crippen LogP contribution is 2.25. The average molecular weight is 227 g/mol. The zero-order chi connectivity index (χ0) is 12.1. The third-order valence-corrected chi connectivity index (χ3v) is 2.91. The van der Waals surface area contributed by atoms with Crippen molar-refractivity contribution in [2.75, 3.05) is 0 Å². The lowest BCUT2D eigenvalue weighted by Crippen LogP contribution is -1.99. The number of pyridine rings is 1. The van der Waals surface area contributed by atoms with Crippen molar-refractivity contribution in [3.05, 3.63) is 54.7 Å². The third-order valence-electron chi connectivity index (χ3n) is 2.91. The van der Waals surface area contributed by atoms with E-state index in [1.54, 1.807) is 6.20 Å². The highest BCUT2D eigenvalue weighted by atomic mass is 16.3. The Morgan fingerprint density at radius 1 is 1.29 bits per heavy atom. The van der Waals surface area contributed by atoms with Crippen LogP contribution in [-0.4, -0.2) is 10.1 Å². The van der Waals surface area contributed by atoms with Crippen molar-refractivity contribution in [2.24, 2.45) is 0 Å². The minimum Gasteiger partial charge on any atom is -0.388 e. The second-order valence-electron chi connectivity index (χ2n) is 4.16. The Morgan fingerprint density at radius 2 is 2.12 bits per heavy atom. The van der Waals surface area contributed by atoms with Crippen LogP contribution in [0, 0.1) is 0 Å².